The van der Waals surface area contributed by atoms with Gasteiger partial charge in [0.05, 0.1) is 0 Å². The highest BCUT2D eigenvalue weighted by Crippen LogP contribution is 2.30. The normalized spacial score (nSPS) is 17.5. The lowest BCUT2D eigenvalue weighted by Crippen LogP contribution is -2.40. The fourth-order valence-corrected chi connectivity index (χ4v) is 2.63. The van der Waals surface area contributed by atoms with Crippen LogP contribution in [0.25, 0.3) is 0 Å². The summed E-state index contributed by atoms with van der Waals surface area (Å²) >= 11 is 0. The van der Waals surface area contributed by atoms with Crippen molar-refractivity contribution in [1.29, 1.82) is 0 Å². The van der Waals surface area contributed by atoms with Crippen molar-refractivity contribution >= 4 is 11.5 Å². The first-order chi connectivity index (χ1) is 10.1. The molecule has 2 aliphatic heterocycles. The Kier molecular flexibility index (Phi) is 3.33. The Bertz CT molecular complexity index is 639. The molecule has 0 aliphatic carbocycles. The van der Waals surface area contributed by atoms with E-state index in [0.717, 1.165) is 35.8 Å². The summed E-state index contributed by atoms with van der Waals surface area (Å²) in [4.78, 5) is 6.75. The minimum atomic E-state index is 0.696. The largest absolute Gasteiger partial charge is 0.383 e. The summed E-state index contributed by atoms with van der Waals surface area (Å²) in [6, 6.07) is 8.48. The summed E-state index contributed by atoms with van der Waals surface area (Å²) in [7, 11) is 1.94. The van der Waals surface area contributed by atoms with Gasteiger partial charge >= 0.3 is 0 Å². The van der Waals surface area contributed by atoms with Crippen LogP contribution in [0, 0.1) is 0 Å². The molecule has 0 atom stereocenters. The molecule has 0 amide bonds. The average molecular weight is 283 g/mol. The van der Waals surface area contributed by atoms with Crippen molar-refractivity contribution < 1.29 is 0 Å². The Labute approximate surface area is 125 Å². The van der Waals surface area contributed by atoms with E-state index in [1.165, 1.54) is 5.56 Å². The molecule has 2 aliphatic rings. The van der Waals surface area contributed by atoms with Crippen LogP contribution >= 0.6 is 0 Å². The lowest BCUT2D eigenvalue weighted by molar-refractivity contribution is 0.396. The SMILES string of the molecule is CCC1=NC2=CN(C)NC2=C(N)N1c1ccc(CC)cc1. The third kappa shape index (κ3) is 2.24. The van der Waals surface area contributed by atoms with Gasteiger partial charge in [-0.3, -0.25) is 15.3 Å². The molecule has 0 saturated carbocycles. The van der Waals surface area contributed by atoms with Crippen LogP contribution in [0.1, 0.15) is 25.8 Å². The second-order valence-electron chi connectivity index (χ2n) is 5.23. The van der Waals surface area contributed by atoms with Crippen molar-refractivity contribution in [2.75, 3.05) is 11.9 Å². The third-order valence-electron chi connectivity index (χ3n) is 3.78. The molecule has 3 N–H and O–H groups in total. The summed E-state index contributed by atoms with van der Waals surface area (Å²) in [5.41, 5.74) is 13.7. The molecule has 21 heavy (non-hydrogen) atoms. The smallest absolute Gasteiger partial charge is 0.137 e. The highest BCUT2D eigenvalue weighted by Gasteiger charge is 2.29. The standard InChI is InChI=1S/C16H21N5/c1-4-11-6-8-12(9-7-11)21-14(5-2)18-13-10-20(3)19-15(13)16(21)17/h6-10,19H,4-5,17H2,1-3H3. The highest BCUT2D eigenvalue weighted by atomic mass is 15.5. The van der Waals surface area contributed by atoms with Crippen LogP contribution in [-0.2, 0) is 6.42 Å². The number of anilines is 1. The van der Waals surface area contributed by atoms with Crippen molar-refractivity contribution in [1.82, 2.24) is 10.4 Å². The number of hydrazine groups is 1. The first kappa shape index (κ1) is 13.5. The van der Waals surface area contributed by atoms with E-state index in [4.69, 9.17) is 10.7 Å². The summed E-state index contributed by atoms with van der Waals surface area (Å²) < 4.78 is 0. The molecule has 0 radical (unpaired) electrons. The maximum Gasteiger partial charge on any atom is 0.137 e. The van der Waals surface area contributed by atoms with Crippen LogP contribution < -0.4 is 16.1 Å². The predicted octanol–water partition coefficient (Wildman–Crippen LogP) is 2.30. The van der Waals surface area contributed by atoms with Gasteiger partial charge in [-0.2, -0.15) is 0 Å². The molecular formula is C16H21N5. The van der Waals surface area contributed by atoms with Crippen LogP contribution in [0.4, 0.5) is 5.69 Å². The van der Waals surface area contributed by atoms with Crippen molar-refractivity contribution in [2.24, 2.45) is 10.7 Å². The minimum absolute atomic E-state index is 0.696. The Morgan fingerprint density at radius 3 is 2.48 bits per heavy atom. The number of aryl methyl sites for hydroxylation is 1. The van der Waals surface area contributed by atoms with Crippen molar-refractivity contribution in [3.63, 3.8) is 0 Å². The van der Waals surface area contributed by atoms with E-state index in [0.29, 0.717) is 5.82 Å². The molecule has 1 aromatic rings. The number of rotatable bonds is 3. The maximum absolute atomic E-state index is 6.39. The van der Waals surface area contributed by atoms with Crippen molar-refractivity contribution in [3.8, 4) is 0 Å². The van der Waals surface area contributed by atoms with E-state index in [2.05, 4.69) is 43.5 Å². The number of aliphatic imine (C=N–C) groups is 1. The van der Waals surface area contributed by atoms with Gasteiger partial charge in [0.25, 0.3) is 0 Å². The van der Waals surface area contributed by atoms with Gasteiger partial charge in [0, 0.05) is 25.4 Å². The third-order valence-corrected chi connectivity index (χ3v) is 3.78. The summed E-state index contributed by atoms with van der Waals surface area (Å²) in [5.74, 6) is 1.66. The Balaban J connectivity index is 2.04. The number of amidine groups is 1. The number of nitrogens with one attached hydrogen (secondary N) is 1. The van der Waals surface area contributed by atoms with Crippen molar-refractivity contribution in [2.45, 2.75) is 26.7 Å². The number of nitrogens with zero attached hydrogens (tertiary/aromatic N) is 3. The van der Waals surface area contributed by atoms with Crippen LogP contribution in [0.3, 0.4) is 0 Å². The topological polar surface area (TPSA) is 56.9 Å². The number of hydrogen-bond donors (Lipinski definition) is 2. The number of hydrogen-bond acceptors (Lipinski definition) is 5. The van der Waals surface area contributed by atoms with E-state index < -0.39 is 0 Å². The average Bonchev–Trinajstić information content (AvgIpc) is 2.88. The molecule has 110 valence electrons. The lowest BCUT2D eigenvalue weighted by atomic mass is 10.1. The predicted molar refractivity (Wildman–Crippen MR) is 86.2 cm³/mol. The Morgan fingerprint density at radius 2 is 1.86 bits per heavy atom. The Morgan fingerprint density at radius 1 is 1.14 bits per heavy atom. The molecule has 0 aromatic heterocycles. The molecule has 0 unspecified atom stereocenters. The van der Waals surface area contributed by atoms with Gasteiger partial charge in [-0.15, -0.1) is 0 Å². The molecule has 2 heterocycles. The lowest BCUT2D eigenvalue weighted by Gasteiger charge is -2.30. The molecule has 5 nitrogen and oxygen atoms in total. The van der Waals surface area contributed by atoms with E-state index >= 15 is 0 Å². The zero-order valence-electron chi connectivity index (χ0n) is 12.7. The van der Waals surface area contributed by atoms with Crippen molar-refractivity contribution in [3.05, 3.63) is 53.2 Å². The van der Waals surface area contributed by atoms with E-state index in [1.54, 1.807) is 0 Å². The summed E-state index contributed by atoms with van der Waals surface area (Å²) in [6.45, 7) is 4.25. The number of nitrogens with two attached hydrogens (primary N) is 1. The molecular weight excluding hydrogens is 262 g/mol. The minimum Gasteiger partial charge on any atom is -0.383 e. The van der Waals surface area contributed by atoms with Gasteiger partial charge in [-0.05, 0) is 24.1 Å². The molecule has 3 rings (SSSR count). The molecule has 0 fully saturated rings. The van der Waals surface area contributed by atoms with E-state index in [-0.39, 0.29) is 0 Å². The molecule has 1 aromatic carbocycles. The number of fused-ring (bicyclic) bond motifs is 1. The van der Waals surface area contributed by atoms with Gasteiger partial charge in [0.2, 0.25) is 0 Å². The maximum atomic E-state index is 6.39. The number of benzene rings is 1. The van der Waals surface area contributed by atoms with Gasteiger partial charge in [-0.1, -0.05) is 26.0 Å². The van der Waals surface area contributed by atoms with Crippen LogP contribution in [-0.4, -0.2) is 17.9 Å². The van der Waals surface area contributed by atoms with E-state index in [9.17, 15) is 0 Å². The summed E-state index contributed by atoms with van der Waals surface area (Å²) in [5, 5.41) is 1.87. The van der Waals surface area contributed by atoms with Gasteiger partial charge in [0.1, 0.15) is 23.1 Å². The van der Waals surface area contributed by atoms with Crippen LogP contribution in [0.2, 0.25) is 0 Å². The summed E-state index contributed by atoms with van der Waals surface area (Å²) in [6.07, 6.45) is 3.81. The quantitative estimate of drug-likeness (QED) is 0.893. The van der Waals surface area contributed by atoms with Gasteiger partial charge < -0.3 is 5.73 Å². The molecule has 0 bridgehead atoms. The zero-order valence-corrected chi connectivity index (χ0v) is 12.7. The van der Waals surface area contributed by atoms with Gasteiger partial charge in [-0.25, -0.2) is 4.99 Å². The molecule has 0 spiro atoms. The monoisotopic (exact) mass is 283 g/mol. The fraction of sp³-hybridized carbons (Fsp3) is 0.312. The second kappa shape index (κ2) is 5.16. The van der Waals surface area contributed by atoms with Crippen LogP contribution in [0.15, 0.2) is 52.7 Å². The first-order valence-corrected chi connectivity index (χ1v) is 7.32. The van der Waals surface area contributed by atoms with Gasteiger partial charge in [0.15, 0.2) is 0 Å². The Hall–Kier alpha value is -2.43. The van der Waals surface area contributed by atoms with E-state index in [1.807, 2.05) is 23.2 Å². The zero-order chi connectivity index (χ0) is 15.0. The molecule has 5 heteroatoms. The highest BCUT2D eigenvalue weighted by molar-refractivity contribution is 6.02. The fourth-order valence-electron chi connectivity index (χ4n) is 2.63. The van der Waals surface area contributed by atoms with Crippen LogP contribution in [0.5, 0.6) is 0 Å². The molecule has 0 saturated heterocycles. The first-order valence-electron chi connectivity index (χ1n) is 7.32. The second-order valence-corrected chi connectivity index (χ2v) is 5.23.